The largest absolute Gasteiger partial charge is 0.451 e. The molecular formula is C14H14Cl2N2O4. The molecule has 2 amide bonds. The van der Waals surface area contributed by atoms with Gasteiger partial charge in [0, 0.05) is 11.4 Å². The fraction of sp³-hybridized carbons (Fsp3) is 0.357. The molecule has 0 unspecified atom stereocenters. The van der Waals surface area contributed by atoms with Crippen molar-refractivity contribution < 1.29 is 19.1 Å². The van der Waals surface area contributed by atoms with E-state index in [1.165, 1.54) is 13.0 Å². The van der Waals surface area contributed by atoms with Crippen molar-refractivity contribution in [3.63, 3.8) is 0 Å². The number of carbonyl (C=O) groups excluding carboxylic acids is 3. The molecule has 1 saturated heterocycles. The molecule has 1 fully saturated rings. The Morgan fingerprint density at radius 2 is 2.14 bits per heavy atom. The highest BCUT2D eigenvalue weighted by Crippen LogP contribution is 2.25. The fourth-order valence-corrected chi connectivity index (χ4v) is 2.27. The van der Waals surface area contributed by atoms with Crippen LogP contribution >= 0.6 is 23.2 Å². The van der Waals surface area contributed by atoms with Gasteiger partial charge in [-0.1, -0.05) is 23.2 Å². The molecule has 0 aliphatic carbocycles. The summed E-state index contributed by atoms with van der Waals surface area (Å²) in [6, 6.07) is 3.93. The Labute approximate surface area is 137 Å². The Bertz CT molecular complexity index is 621. The van der Waals surface area contributed by atoms with E-state index in [0.717, 1.165) is 0 Å². The van der Waals surface area contributed by atoms with Crippen molar-refractivity contribution >= 4 is 46.7 Å². The summed E-state index contributed by atoms with van der Waals surface area (Å²) >= 11 is 11.8. The van der Waals surface area contributed by atoms with Crippen molar-refractivity contribution in [1.29, 1.82) is 0 Å². The molecule has 0 saturated carbocycles. The number of amides is 2. The maximum absolute atomic E-state index is 12.0. The van der Waals surface area contributed by atoms with Crippen molar-refractivity contribution in [2.75, 3.05) is 5.32 Å². The summed E-state index contributed by atoms with van der Waals surface area (Å²) in [5.41, 5.74) is 0.330. The zero-order valence-electron chi connectivity index (χ0n) is 11.7. The van der Waals surface area contributed by atoms with E-state index in [-0.39, 0.29) is 12.3 Å². The van der Waals surface area contributed by atoms with Crippen LogP contribution in [-0.4, -0.2) is 29.9 Å². The average molecular weight is 345 g/mol. The minimum Gasteiger partial charge on any atom is -0.451 e. The van der Waals surface area contributed by atoms with Gasteiger partial charge in [-0.05, 0) is 31.5 Å². The lowest BCUT2D eigenvalue weighted by Crippen LogP contribution is -2.39. The van der Waals surface area contributed by atoms with Gasteiger partial charge in [-0.15, -0.1) is 0 Å². The second-order valence-corrected chi connectivity index (χ2v) is 5.69. The number of halogens is 2. The average Bonchev–Trinajstić information content (AvgIpc) is 2.89. The first kappa shape index (κ1) is 16.6. The van der Waals surface area contributed by atoms with Gasteiger partial charge in [0.25, 0.3) is 5.91 Å². The lowest BCUT2D eigenvalue weighted by atomic mass is 10.2. The number of hydrogen-bond donors (Lipinski definition) is 2. The molecule has 8 heteroatoms. The molecule has 1 aliphatic heterocycles. The van der Waals surface area contributed by atoms with Gasteiger partial charge in [-0.2, -0.15) is 0 Å². The summed E-state index contributed by atoms with van der Waals surface area (Å²) in [7, 11) is 0. The van der Waals surface area contributed by atoms with Gasteiger partial charge in [0.1, 0.15) is 6.04 Å². The molecule has 0 bridgehead atoms. The van der Waals surface area contributed by atoms with Crippen LogP contribution in [0.25, 0.3) is 0 Å². The normalized spacial score (nSPS) is 18.5. The topological polar surface area (TPSA) is 84.5 Å². The van der Waals surface area contributed by atoms with Crippen LogP contribution in [0.2, 0.25) is 10.0 Å². The van der Waals surface area contributed by atoms with Gasteiger partial charge in [0.05, 0.1) is 10.7 Å². The summed E-state index contributed by atoms with van der Waals surface area (Å²) in [5.74, 6) is -1.38. The number of nitrogens with one attached hydrogen (secondary N) is 2. The van der Waals surface area contributed by atoms with Crippen molar-refractivity contribution in [2.45, 2.75) is 31.9 Å². The number of anilines is 1. The predicted octanol–water partition coefficient (Wildman–Crippen LogP) is 2.14. The number of esters is 1. The number of ether oxygens (including phenoxy) is 1. The van der Waals surface area contributed by atoms with E-state index in [1.807, 2.05) is 0 Å². The molecule has 2 N–H and O–H groups in total. The van der Waals surface area contributed by atoms with Crippen molar-refractivity contribution in [3.8, 4) is 0 Å². The Hall–Kier alpha value is -1.79. The number of hydrogen-bond acceptors (Lipinski definition) is 4. The summed E-state index contributed by atoms with van der Waals surface area (Å²) in [4.78, 5) is 34.9. The van der Waals surface area contributed by atoms with E-state index >= 15 is 0 Å². The molecular weight excluding hydrogens is 331 g/mol. The van der Waals surface area contributed by atoms with Crippen LogP contribution in [0.15, 0.2) is 18.2 Å². The maximum atomic E-state index is 12.0. The molecule has 6 nitrogen and oxygen atoms in total. The molecule has 22 heavy (non-hydrogen) atoms. The molecule has 2 rings (SSSR count). The third-order valence-electron chi connectivity index (χ3n) is 3.13. The first-order valence-corrected chi connectivity index (χ1v) is 7.38. The van der Waals surface area contributed by atoms with Crippen LogP contribution in [0.4, 0.5) is 5.69 Å². The van der Waals surface area contributed by atoms with E-state index in [9.17, 15) is 14.4 Å². The standard InChI is InChI=1S/C14H14Cl2N2O4/c1-7(22-14(21)10-4-5-12(19)17-10)13(20)18-11-6-8(15)2-3-9(11)16/h2-3,6-7,10H,4-5H2,1H3,(H,17,19)(H,18,20)/t7-,10-/m0/s1. The number of rotatable bonds is 4. The van der Waals surface area contributed by atoms with E-state index in [1.54, 1.807) is 12.1 Å². The van der Waals surface area contributed by atoms with Crippen LogP contribution in [0, 0.1) is 0 Å². The quantitative estimate of drug-likeness (QED) is 0.819. The Morgan fingerprint density at radius 3 is 2.77 bits per heavy atom. The van der Waals surface area contributed by atoms with Crippen molar-refractivity contribution in [2.24, 2.45) is 0 Å². The van der Waals surface area contributed by atoms with Crippen LogP contribution in [0.5, 0.6) is 0 Å². The highest BCUT2D eigenvalue weighted by Gasteiger charge is 2.30. The van der Waals surface area contributed by atoms with Gasteiger partial charge >= 0.3 is 5.97 Å². The Morgan fingerprint density at radius 1 is 1.41 bits per heavy atom. The highest BCUT2D eigenvalue weighted by atomic mass is 35.5. The summed E-state index contributed by atoms with van der Waals surface area (Å²) in [6.07, 6.45) is -0.384. The van der Waals surface area contributed by atoms with Crippen molar-refractivity contribution in [1.82, 2.24) is 5.32 Å². The fourth-order valence-electron chi connectivity index (χ4n) is 1.93. The molecule has 118 valence electrons. The molecule has 1 aromatic carbocycles. The van der Waals surface area contributed by atoms with Crippen LogP contribution < -0.4 is 10.6 Å². The van der Waals surface area contributed by atoms with Crippen molar-refractivity contribution in [3.05, 3.63) is 28.2 Å². The SMILES string of the molecule is C[C@H](OC(=O)[C@@H]1CCC(=O)N1)C(=O)Nc1cc(Cl)ccc1Cl. The van der Waals surface area contributed by atoms with Gasteiger partial charge in [0.15, 0.2) is 6.10 Å². The Kier molecular flexibility index (Phi) is 5.26. The minimum atomic E-state index is -1.03. The van der Waals surface area contributed by atoms with Crippen LogP contribution in [0.1, 0.15) is 19.8 Å². The Balaban J connectivity index is 1.93. The molecule has 0 spiro atoms. The smallest absolute Gasteiger partial charge is 0.329 e. The van der Waals surface area contributed by atoms with Crippen LogP contribution in [-0.2, 0) is 19.1 Å². The second-order valence-electron chi connectivity index (χ2n) is 4.85. The highest BCUT2D eigenvalue weighted by molar-refractivity contribution is 6.35. The van der Waals surface area contributed by atoms with Gasteiger partial charge < -0.3 is 15.4 Å². The van der Waals surface area contributed by atoms with E-state index in [2.05, 4.69) is 10.6 Å². The van der Waals surface area contributed by atoms with Gasteiger partial charge in [-0.3, -0.25) is 9.59 Å². The zero-order chi connectivity index (χ0) is 16.3. The van der Waals surface area contributed by atoms with Crippen LogP contribution in [0.3, 0.4) is 0 Å². The monoisotopic (exact) mass is 344 g/mol. The summed E-state index contributed by atoms with van der Waals surface area (Å²) in [6.45, 7) is 1.43. The van der Waals surface area contributed by atoms with Gasteiger partial charge in [0.2, 0.25) is 5.91 Å². The molecule has 1 aromatic rings. The third kappa shape index (κ3) is 4.11. The zero-order valence-corrected chi connectivity index (χ0v) is 13.2. The predicted molar refractivity (Wildman–Crippen MR) is 81.8 cm³/mol. The first-order valence-electron chi connectivity index (χ1n) is 6.62. The van der Waals surface area contributed by atoms with E-state index < -0.39 is 24.0 Å². The molecule has 1 aliphatic rings. The second kappa shape index (κ2) is 6.98. The minimum absolute atomic E-state index is 0.204. The summed E-state index contributed by atoms with van der Waals surface area (Å²) in [5, 5.41) is 5.75. The molecule has 0 radical (unpaired) electrons. The third-order valence-corrected chi connectivity index (χ3v) is 3.69. The molecule has 2 atom stereocenters. The maximum Gasteiger partial charge on any atom is 0.329 e. The van der Waals surface area contributed by atoms with Gasteiger partial charge in [-0.25, -0.2) is 4.79 Å². The first-order chi connectivity index (χ1) is 10.4. The lowest BCUT2D eigenvalue weighted by molar-refractivity contribution is -0.155. The summed E-state index contributed by atoms with van der Waals surface area (Å²) < 4.78 is 5.04. The number of benzene rings is 1. The molecule has 0 aromatic heterocycles. The lowest BCUT2D eigenvalue weighted by Gasteiger charge is -2.16. The molecule has 1 heterocycles. The number of carbonyl (C=O) groups is 3. The van der Waals surface area contributed by atoms with E-state index in [0.29, 0.717) is 22.2 Å². The van der Waals surface area contributed by atoms with E-state index in [4.69, 9.17) is 27.9 Å².